The van der Waals surface area contributed by atoms with Gasteiger partial charge in [-0.05, 0) is 35.6 Å². The Morgan fingerprint density at radius 2 is 1.42 bits per heavy atom. The zero-order valence-corrected chi connectivity index (χ0v) is 14.9. The van der Waals surface area contributed by atoms with E-state index in [1.54, 1.807) is 0 Å². The third-order valence-electron chi connectivity index (χ3n) is 4.32. The Bertz CT molecular complexity index is 840. The highest BCUT2D eigenvalue weighted by atomic mass is 16.5. The molecule has 0 aromatic heterocycles. The van der Waals surface area contributed by atoms with Crippen LogP contribution >= 0.6 is 0 Å². The summed E-state index contributed by atoms with van der Waals surface area (Å²) in [5.41, 5.74) is 11.5. The van der Waals surface area contributed by atoms with Crippen molar-refractivity contribution in [3.8, 4) is 11.1 Å². The van der Waals surface area contributed by atoms with Gasteiger partial charge in [-0.2, -0.15) is 0 Å². The van der Waals surface area contributed by atoms with Crippen LogP contribution in [-0.2, 0) is 22.6 Å². The van der Waals surface area contributed by atoms with E-state index < -0.39 is 6.04 Å². The Kier molecular flexibility index (Phi) is 5.82. The Morgan fingerprint density at radius 3 is 2.04 bits per heavy atom. The smallest absolute Gasteiger partial charge is 0.323 e. The van der Waals surface area contributed by atoms with E-state index in [1.165, 1.54) is 11.1 Å². The van der Waals surface area contributed by atoms with Crippen molar-refractivity contribution in [3.05, 3.63) is 95.6 Å². The number of hydrogen-bond donors (Lipinski definition) is 1. The Balaban J connectivity index is 1.56. The summed E-state index contributed by atoms with van der Waals surface area (Å²) in [7, 11) is 0. The first-order chi connectivity index (χ1) is 12.6. The molecule has 132 valence electrons. The monoisotopic (exact) mass is 345 g/mol. The molecule has 3 rings (SSSR count). The molecule has 0 aliphatic heterocycles. The molecule has 0 radical (unpaired) electrons. The maximum atomic E-state index is 12.1. The number of rotatable bonds is 6. The van der Waals surface area contributed by atoms with Crippen LogP contribution in [0.2, 0.25) is 0 Å². The number of nitrogens with two attached hydrogens (primary N) is 1. The minimum Gasteiger partial charge on any atom is -0.460 e. The van der Waals surface area contributed by atoms with Gasteiger partial charge in [0.1, 0.15) is 12.6 Å². The Hall–Kier alpha value is -2.91. The largest absolute Gasteiger partial charge is 0.460 e. The minimum absolute atomic E-state index is 0.250. The summed E-state index contributed by atoms with van der Waals surface area (Å²) in [4.78, 5) is 12.1. The Morgan fingerprint density at radius 1 is 0.846 bits per heavy atom. The lowest BCUT2D eigenvalue weighted by Crippen LogP contribution is -2.34. The molecule has 2 N–H and O–H groups in total. The lowest BCUT2D eigenvalue weighted by molar-refractivity contribution is -0.146. The van der Waals surface area contributed by atoms with Crippen LogP contribution < -0.4 is 5.73 Å². The molecule has 0 saturated heterocycles. The van der Waals surface area contributed by atoms with Crippen LogP contribution in [0, 0.1) is 6.92 Å². The van der Waals surface area contributed by atoms with Crippen molar-refractivity contribution in [1.29, 1.82) is 0 Å². The van der Waals surface area contributed by atoms with Crippen molar-refractivity contribution < 1.29 is 9.53 Å². The molecule has 0 aliphatic rings. The maximum absolute atomic E-state index is 12.1. The first-order valence-electron chi connectivity index (χ1n) is 8.74. The van der Waals surface area contributed by atoms with Gasteiger partial charge in [-0.25, -0.2) is 0 Å². The van der Waals surface area contributed by atoms with E-state index in [1.807, 2.05) is 42.5 Å². The van der Waals surface area contributed by atoms with Crippen LogP contribution in [0.25, 0.3) is 11.1 Å². The first kappa shape index (κ1) is 17.9. The van der Waals surface area contributed by atoms with E-state index in [4.69, 9.17) is 10.5 Å². The van der Waals surface area contributed by atoms with Crippen LogP contribution in [0.5, 0.6) is 0 Å². The van der Waals surface area contributed by atoms with Gasteiger partial charge >= 0.3 is 5.97 Å². The van der Waals surface area contributed by atoms with Gasteiger partial charge in [0.05, 0.1) is 0 Å². The van der Waals surface area contributed by atoms with Gasteiger partial charge in [-0.1, -0.05) is 84.4 Å². The van der Waals surface area contributed by atoms with E-state index in [9.17, 15) is 4.79 Å². The fourth-order valence-corrected chi connectivity index (χ4v) is 2.75. The summed E-state index contributed by atoms with van der Waals surface area (Å²) in [6.45, 7) is 2.32. The molecule has 0 heterocycles. The molecule has 0 saturated carbocycles. The van der Waals surface area contributed by atoms with Crippen molar-refractivity contribution >= 4 is 5.97 Å². The first-order valence-corrected chi connectivity index (χ1v) is 8.74. The summed E-state index contributed by atoms with van der Waals surface area (Å²) in [5, 5.41) is 0. The summed E-state index contributed by atoms with van der Waals surface area (Å²) in [5.74, 6) is -0.378. The number of benzene rings is 3. The molecule has 0 spiro atoms. The standard InChI is InChI=1S/C23H23NO2/c1-17-7-11-20(12-8-17)21-13-9-18(10-14-21)15-22(24)23(25)26-16-19-5-3-2-4-6-19/h2-14,22H,15-16,24H2,1H3. The van der Waals surface area contributed by atoms with Crippen molar-refractivity contribution in [3.63, 3.8) is 0 Å². The number of esters is 1. The molecule has 3 aromatic rings. The molecule has 0 bridgehead atoms. The molecule has 0 fully saturated rings. The predicted molar refractivity (Wildman–Crippen MR) is 105 cm³/mol. The molecule has 1 atom stereocenters. The van der Waals surface area contributed by atoms with Crippen molar-refractivity contribution in [2.75, 3.05) is 0 Å². The van der Waals surface area contributed by atoms with Gasteiger partial charge in [0.25, 0.3) is 0 Å². The van der Waals surface area contributed by atoms with Crippen LogP contribution in [0.3, 0.4) is 0 Å². The minimum atomic E-state index is -0.663. The van der Waals surface area contributed by atoms with Crippen LogP contribution in [0.15, 0.2) is 78.9 Å². The van der Waals surface area contributed by atoms with Gasteiger partial charge in [0.2, 0.25) is 0 Å². The summed E-state index contributed by atoms with van der Waals surface area (Å²) in [6, 6.07) is 25.5. The van der Waals surface area contributed by atoms with Crippen LogP contribution in [0.4, 0.5) is 0 Å². The van der Waals surface area contributed by atoms with Crippen molar-refractivity contribution in [1.82, 2.24) is 0 Å². The Labute approximate surface area is 154 Å². The molecular formula is C23H23NO2. The molecule has 0 aliphatic carbocycles. The maximum Gasteiger partial charge on any atom is 0.323 e. The second-order valence-electron chi connectivity index (χ2n) is 6.47. The average Bonchev–Trinajstić information content (AvgIpc) is 2.68. The fraction of sp³-hybridized carbons (Fsp3) is 0.174. The topological polar surface area (TPSA) is 52.3 Å². The second-order valence-corrected chi connectivity index (χ2v) is 6.47. The fourth-order valence-electron chi connectivity index (χ4n) is 2.75. The number of carbonyl (C=O) groups is 1. The third-order valence-corrected chi connectivity index (χ3v) is 4.32. The third kappa shape index (κ3) is 4.80. The van der Waals surface area contributed by atoms with Gasteiger partial charge in [-0.3, -0.25) is 4.79 Å². The second kappa shape index (κ2) is 8.45. The molecule has 3 aromatic carbocycles. The number of hydrogen-bond acceptors (Lipinski definition) is 3. The van der Waals surface area contributed by atoms with Crippen LogP contribution in [0.1, 0.15) is 16.7 Å². The van der Waals surface area contributed by atoms with E-state index in [0.29, 0.717) is 6.42 Å². The average molecular weight is 345 g/mol. The highest BCUT2D eigenvalue weighted by molar-refractivity contribution is 5.76. The molecular weight excluding hydrogens is 322 g/mol. The predicted octanol–water partition coefficient (Wildman–Crippen LogP) is 4.28. The lowest BCUT2D eigenvalue weighted by atomic mass is 10.0. The van der Waals surface area contributed by atoms with Gasteiger partial charge < -0.3 is 10.5 Å². The molecule has 1 unspecified atom stereocenters. The van der Waals surface area contributed by atoms with E-state index in [0.717, 1.165) is 16.7 Å². The number of carbonyl (C=O) groups excluding carboxylic acids is 1. The summed E-state index contributed by atoms with van der Waals surface area (Å²) >= 11 is 0. The zero-order valence-electron chi connectivity index (χ0n) is 14.9. The zero-order chi connectivity index (χ0) is 18.4. The highest BCUT2D eigenvalue weighted by Gasteiger charge is 2.15. The van der Waals surface area contributed by atoms with Crippen molar-refractivity contribution in [2.45, 2.75) is 26.0 Å². The normalized spacial score (nSPS) is 11.8. The van der Waals surface area contributed by atoms with Crippen LogP contribution in [-0.4, -0.2) is 12.0 Å². The summed E-state index contributed by atoms with van der Waals surface area (Å²) in [6.07, 6.45) is 0.460. The SMILES string of the molecule is Cc1ccc(-c2ccc(CC(N)C(=O)OCc3ccccc3)cc2)cc1. The van der Waals surface area contributed by atoms with Crippen molar-refractivity contribution in [2.24, 2.45) is 5.73 Å². The molecule has 3 heteroatoms. The quantitative estimate of drug-likeness (QED) is 0.679. The van der Waals surface area contributed by atoms with E-state index in [-0.39, 0.29) is 12.6 Å². The molecule has 26 heavy (non-hydrogen) atoms. The highest BCUT2D eigenvalue weighted by Crippen LogP contribution is 2.20. The van der Waals surface area contributed by atoms with Gasteiger partial charge in [0, 0.05) is 0 Å². The number of ether oxygens (including phenoxy) is 1. The summed E-state index contributed by atoms with van der Waals surface area (Å²) < 4.78 is 5.30. The van der Waals surface area contributed by atoms with E-state index in [2.05, 4.69) is 43.3 Å². The number of aryl methyl sites for hydroxylation is 1. The molecule has 0 amide bonds. The van der Waals surface area contributed by atoms with Gasteiger partial charge in [-0.15, -0.1) is 0 Å². The van der Waals surface area contributed by atoms with Gasteiger partial charge in [0.15, 0.2) is 0 Å². The lowest BCUT2D eigenvalue weighted by Gasteiger charge is -2.12. The molecule has 3 nitrogen and oxygen atoms in total. The van der Waals surface area contributed by atoms with E-state index >= 15 is 0 Å².